The average Bonchev–Trinajstić information content (AvgIpc) is 3.33. The summed E-state index contributed by atoms with van der Waals surface area (Å²) in [5, 5.41) is 2.73. The van der Waals surface area contributed by atoms with Gasteiger partial charge in [-0.3, -0.25) is 19.4 Å². The van der Waals surface area contributed by atoms with Crippen LogP contribution in [0.1, 0.15) is 19.8 Å². The first-order chi connectivity index (χ1) is 11.9. The number of para-hydroxylation sites is 2. The lowest BCUT2D eigenvalue weighted by Gasteiger charge is -2.21. The van der Waals surface area contributed by atoms with Crippen molar-refractivity contribution in [3.8, 4) is 0 Å². The maximum absolute atomic E-state index is 12.6. The summed E-state index contributed by atoms with van der Waals surface area (Å²) in [6, 6.07) is 6.76. The molecule has 0 spiro atoms. The first-order valence-corrected chi connectivity index (χ1v) is 8.16. The molecule has 1 saturated heterocycles. The summed E-state index contributed by atoms with van der Waals surface area (Å²) in [5.74, 6) is -0.645. The van der Waals surface area contributed by atoms with Crippen LogP contribution in [0, 0.1) is 5.92 Å². The summed E-state index contributed by atoms with van der Waals surface area (Å²) < 4.78 is 5.55. The van der Waals surface area contributed by atoms with Crippen LogP contribution >= 0.6 is 0 Å². The molecule has 1 atom stereocenters. The molecule has 1 aromatic carbocycles. The first-order valence-electron chi connectivity index (χ1n) is 8.16. The Morgan fingerprint density at radius 2 is 2.12 bits per heavy atom. The number of nitrogens with zero attached hydrogens (tertiary/aromatic N) is 3. The summed E-state index contributed by atoms with van der Waals surface area (Å²) in [7, 11) is 1.51. The Kier molecular flexibility index (Phi) is 3.31. The van der Waals surface area contributed by atoms with Gasteiger partial charge < -0.3 is 9.73 Å². The van der Waals surface area contributed by atoms with Crippen molar-refractivity contribution in [1.82, 2.24) is 15.2 Å². The second-order valence-electron chi connectivity index (χ2n) is 6.71. The van der Waals surface area contributed by atoms with Crippen molar-refractivity contribution in [1.29, 1.82) is 0 Å². The highest BCUT2D eigenvalue weighted by molar-refractivity contribution is 6.10. The second-order valence-corrected chi connectivity index (χ2v) is 6.71. The van der Waals surface area contributed by atoms with E-state index in [9.17, 15) is 14.4 Å². The molecule has 8 heteroatoms. The van der Waals surface area contributed by atoms with Gasteiger partial charge in [0.2, 0.25) is 0 Å². The van der Waals surface area contributed by atoms with Crippen molar-refractivity contribution in [2.45, 2.75) is 25.3 Å². The molecule has 130 valence electrons. The van der Waals surface area contributed by atoms with Crippen molar-refractivity contribution in [2.75, 3.05) is 18.5 Å². The van der Waals surface area contributed by atoms with Gasteiger partial charge in [-0.05, 0) is 37.8 Å². The van der Waals surface area contributed by atoms with E-state index in [2.05, 4.69) is 10.3 Å². The van der Waals surface area contributed by atoms with E-state index in [1.807, 2.05) is 12.1 Å². The van der Waals surface area contributed by atoms with Crippen molar-refractivity contribution in [3.63, 3.8) is 0 Å². The van der Waals surface area contributed by atoms with Crippen LogP contribution in [0.2, 0.25) is 0 Å². The summed E-state index contributed by atoms with van der Waals surface area (Å²) in [5.41, 5.74) is 0.301. The van der Waals surface area contributed by atoms with E-state index >= 15 is 0 Å². The number of amides is 4. The minimum Gasteiger partial charge on any atom is -0.423 e. The maximum atomic E-state index is 12.6. The number of anilines is 1. The molecule has 0 bridgehead atoms. The van der Waals surface area contributed by atoms with Gasteiger partial charge in [-0.15, -0.1) is 0 Å². The maximum Gasteiger partial charge on any atom is 0.325 e. The van der Waals surface area contributed by atoms with Crippen LogP contribution in [0.25, 0.3) is 11.1 Å². The van der Waals surface area contributed by atoms with Gasteiger partial charge in [-0.25, -0.2) is 4.79 Å². The van der Waals surface area contributed by atoms with Gasteiger partial charge in [-0.1, -0.05) is 12.1 Å². The zero-order valence-corrected chi connectivity index (χ0v) is 14.0. The van der Waals surface area contributed by atoms with E-state index in [-0.39, 0.29) is 24.4 Å². The third kappa shape index (κ3) is 2.45. The fourth-order valence-corrected chi connectivity index (χ4v) is 3.15. The Morgan fingerprint density at radius 3 is 2.80 bits per heavy atom. The molecule has 4 amide bonds. The van der Waals surface area contributed by atoms with Gasteiger partial charge in [0.15, 0.2) is 5.58 Å². The standard InChI is InChI=1S/C17H18N4O4/c1-17(10-7-8-10)14(23)21(15(24)19-17)9-13(22)20(2)16-18-11-5-3-4-6-12(11)25-16/h3-6,10H,7-9H2,1-2H3,(H,19,24)/t17-/m0/s1. The van der Waals surface area contributed by atoms with E-state index in [4.69, 9.17) is 4.42 Å². The van der Waals surface area contributed by atoms with Crippen molar-refractivity contribution < 1.29 is 18.8 Å². The molecule has 2 fully saturated rings. The van der Waals surface area contributed by atoms with Crippen molar-refractivity contribution in [2.24, 2.45) is 5.92 Å². The van der Waals surface area contributed by atoms with Crippen LogP contribution in [-0.4, -0.2) is 46.9 Å². The van der Waals surface area contributed by atoms with E-state index in [0.717, 1.165) is 17.7 Å². The van der Waals surface area contributed by atoms with Gasteiger partial charge in [0.1, 0.15) is 17.6 Å². The molecule has 25 heavy (non-hydrogen) atoms. The minimum atomic E-state index is -0.895. The predicted octanol–water partition coefficient (Wildman–Crippen LogP) is 1.51. The number of carbonyl (C=O) groups excluding carboxylic acids is 3. The molecule has 1 saturated carbocycles. The Balaban J connectivity index is 1.51. The Morgan fingerprint density at radius 1 is 1.40 bits per heavy atom. The Bertz CT molecular complexity index is 855. The highest BCUT2D eigenvalue weighted by atomic mass is 16.4. The zero-order valence-electron chi connectivity index (χ0n) is 14.0. The van der Waals surface area contributed by atoms with Gasteiger partial charge >= 0.3 is 12.0 Å². The molecule has 1 N–H and O–H groups in total. The SMILES string of the molecule is CN(C(=O)CN1C(=O)N[C@@](C)(C2CC2)C1=O)c1nc2ccccc2o1. The van der Waals surface area contributed by atoms with Gasteiger partial charge in [0.05, 0.1) is 0 Å². The monoisotopic (exact) mass is 342 g/mol. The summed E-state index contributed by atoms with van der Waals surface area (Å²) in [4.78, 5) is 43.7. The van der Waals surface area contributed by atoms with Crippen molar-refractivity contribution in [3.05, 3.63) is 24.3 Å². The Labute approximate surface area is 143 Å². The number of aromatic nitrogens is 1. The molecular weight excluding hydrogens is 324 g/mol. The summed E-state index contributed by atoms with van der Waals surface area (Å²) >= 11 is 0. The number of hydrogen-bond acceptors (Lipinski definition) is 5. The third-order valence-electron chi connectivity index (χ3n) is 4.93. The third-order valence-corrected chi connectivity index (χ3v) is 4.93. The van der Waals surface area contributed by atoms with Crippen LogP contribution in [0.15, 0.2) is 28.7 Å². The summed E-state index contributed by atoms with van der Waals surface area (Å²) in [6.07, 6.45) is 1.82. The molecule has 2 aliphatic rings. The molecule has 4 rings (SSSR count). The first kappa shape index (κ1) is 15.6. The minimum absolute atomic E-state index is 0.128. The molecule has 1 aliphatic heterocycles. The van der Waals surface area contributed by atoms with Gasteiger partial charge in [0, 0.05) is 7.05 Å². The highest BCUT2D eigenvalue weighted by Crippen LogP contribution is 2.42. The molecule has 0 unspecified atom stereocenters. The molecule has 2 aromatic rings. The number of rotatable bonds is 4. The fraction of sp³-hybridized carbons (Fsp3) is 0.412. The topological polar surface area (TPSA) is 95.8 Å². The largest absolute Gasteiger partial charge is 0.423 e. The lowest BCUT2D eigenvalue weighted by Crippen LogP contribution is -2.47. The van der Waals surface area contributed by atoms with Crippen LogP contribution in [0.4, 0.5) is 10.8 Å². The van der Waals surface area contributed by atoms with Gasteiger partial charge in [-0.2, -0.15) is 4.98 Å². The van der Waals surface area contributed by atoms with E-state index in [1.165, 1.54) is 11.9 Å². The number of benzene rings is 1. The molecule has 1 aromatic heterocycles. The van der Waals surface area contributed by atoms with E-state index < -0.39 is 17.5 Å². The Hall–Kier alpha value is -2.90. The number of oxazole rings is 1. The predicted molar refractivity (Wildman–Crippen MR) is 88.8 cm³/mol. The normalized spacial score (nSPS) is 23.2. The summed E-state index contributed by atoms with van der Waals surface area (Å²) in [6.45, 7) is 1.38. The number of urea groups is 1. The lowest BCUT2D eigenvalue weighted by atomic mass is 9.96. The number of hydrogen-bond donors (Lipinski definition) is 1. The average molecular weight is 342 g/mol. The van der Waals surface area contributed by atoms with Gasteiger partial charge in [0.25, 0.3) is 11.8 Å². The van der Waals surface area contributed by atoms with Crippen molar-refractivity contribution >= 4 is 35.0 Å². The fourth-order valence-electron chi connectivity index (χ4n) is 3.15. The zero-order chi connectivity index (χ0) is 17.8. The molecule has 1 aliphatic carbocycles. The number of fused-ring (bicyclic) bond motifs is 1. The molecule has 0 radical (unpaired) electrons. The van der Waals surface area contributed by atoms with Crippen LogP contribution in [-0.2, 0) is 9.59 Å². The lowest BCUT2D eigenvalue weighted by molar-refractivity contribution is -0.134. The van der Waals surface area contributed by atoms with Crippen LogP contribution in [0.3, 0.4) is 0 Å². The second kappa shape index (κ2) is 5.30. The molecular formula is C17H18N4O4. The smallest absolute Gasteiger partial charge is 0.325 e. The number of nitrogens with one attached hydrogen (secondary N) is 1. The number of likely N-dealkylation sites (N-methyl/N-ethyl adjacent to an activating group) is 1. The highest BCUT2D eigenvalue weighted by Gasteiger charge is 2.56. The molecule has 8 nitrogen and oxygen atoms in total. The number of imide groups is 1. The van der Waals surface area contributed by atoms with E-state index in [0.29, 0.717) is 11.1 Å². The quantitative estimate of drug-likeness (QED) is 0.850. The van der Waals surface area contributed by atoms with E-state index in [1.54, 1.807) is 19.1 Å². The van der Waals surface area contributed by atoms with Crippen LogP contribution < -0.4 is 10.2 Å². The number of carbonyl (C=O) groups is 3. The van der Waals surface area contributed by atoms with Crippen LogP contribution in [0.5, 0.6) is 0 Å². The molecule has 2 heterocycles.